The van der Waals surface area contributed by atoms with Gasteiger partial charge in [-0.25, -0.2) is 0 Å². The van der Waals surface area contributed by atoms with Gasteiger partial charge in [-0.15, -0.1) is 0 Å². The Morgan fingerprint density at radius 1 is 0.969 bits per heavy atom. The van der Waals surface area contributed by atoms with Gasteiger partial charge in [0.2, 0.25) is 0 Å². The molecule has 0 unspecified atom stereocenters. The molecule has 32 heavy (non-hydrogen) atoms. The summed E-state index contributed by atoms with van der Waals surface area (Å²) in [6.45, 7) is 4.92. The zero-order chi connectivity index (χ0) is 22.5. The first kappa shape index (κ1) is 21.7. The van der Waals surface area contributed by atoms with Gasteiger partial charge < -0.3 is 10.1 Å². The van der Waals surface area contributed by atoms with Gasteiger partial charge in [0.1, 0.15) is 12.4 Å². The first-order valence-electron chi connectivity index (χ1n) is 10.4. The number of rotatable bonds is 7. The minimum Gasteiger partial charge on any atom is -0.489 e. The van der Waals surface area contributed by atoms with Crippen molar-refractivity contribution in [2.75, 3.05) is 5.32 Å². The quantitative estimate of drug-likeness (QED) is 0.377. The predicted molar refractivity (Wildman–Crippen MR) is 127 cm³/mol. The van der Waals surface area contributed by atoms with E-state index in [2.05, 4.69) is 22.5 Å². The van der Waals surface area contributed by atoms with Crippen molar-refractivity contribution in [2.24, 2.45) is 0 Å². The summed E-state index contributed by atoms with van der Waals surface area (Å²) in [4.78, 5) is 12.8. The van der Waals surface area contributed by atoms with E-state index in [1.54, 1.807) is 24.3 Å². The molecule has 3 aromatic carbocycles. The van der Waals surface area contributed by atoms with Crippen LogP contribution >= 0.6 is 11.6 Å². The van der Waals surface area contributed by atoms with Gasteiger partial charge >= 0.3 is 0 Å². The first-order valence-corrected chi connectivity index (χ1v) is 10.7. The summed E-state index contributed by atoms with van der Waals surface area (Å²) in [6.07, 6.45) is 0. The fraction of sp³-hybridized carbons (Fsp3) is 0.154. The lowest BCUT2D eigenvalue weighted by atomic mass is 10.1. The van der Waals surface area contributed by atoms with Crippen molar-refractivity contribution in [1.29, 1.82) is 0 Å². The maximum atomic E-state index is 12.8. The number of aryl methyl sites for hydroxylation is 1. The van der Waals surface area contributed by atoms with Gasteiger partial charge in [-0.3, -0.25) is 9.48 Å². The number of carbonyl (C=O) groups excluding carboxylic acids is 1. The molecule has 0 aliphatic heterocycles. The summed E-state index contributed by atoms with van der Waals surface area (Å²) < 4.78 is 7.67. The van der Waals surface area contributed by atoms with E-state index in [0.717, 1.165) is 28.2 Å². The van der Waals surface area contributed by atoms with Crippen molar-refractivity contribution in [2.45, 2.75) is 27.0 Å². The van der Waals surface area contributed by atoms with Crippen molar-refractivity contribution in [1.82, 2.24) is 9.78 Å². The fourth-order valence-electron chi connectivity index (χ4n) is 3.45. The highest BCUT2D eigenvalue weighted by atomic mass is 35.5. The highest BCUT2D eigenvalue weighted by Gasteiger charge is 2.15. The van der Waals surface area contributed by atoms with Crippen LogP contribution in [0.15, 0.2) is 78.9 Å². The Kier molecular flexibility index (Phi) is 6.57. The third kappa shape index (κ3) is 5.18. The number of nitrogens with zero attached hydrogens (tertiary/aromatic N) is 2. The van der Waals surface area contributed by atoms with E-state index in [9.17, 15) is 4.79 Å². The normalized spacial score (nSPS) is 10.7. The number of ether oxygens (including phenoxy) is 1. The molecular formula is C26H24ClN3O2. The minimum absolute atomic E-state index is 0.169. The predicted octanol–water partition coefficient (Wildman–Crippen LogP) is 6.03. The van der Waals surface area contributed by atoms with Crippen LogP contribution in [0.4, 0.5) is 5.69 Å². The largest absolute Gasteiger partial charge is 0.489 e. The summed E-state index contributed by atoms with van der Waals surface area (Å²) in [7, 11) is 0. The van der Waals surface area contributed by atoms with E-state index in [1.807, 2.05) is 61.0 Å². The molecule has 4 aromatic rings. The standard InChI is InChI=1S/C26H24ClN3O2/c1-18-25(19(2)30(29-18)16-20-7-4-3-5-8-20)28-26(31)22-13-11-21(12-14-22)17-32-24-10-6-9-23(27)15-24/h3-15H,16-17H2,1-2H3,(H,28,31). The smallest absolute Gasteiger partial charge is 0.255 e. The molecule has 0 radical (unpaired) electrons. The highest BCUT2D eigenvalue weighted by Crippen LogP contribution is 2.22. The number of hydrogen-bond acceptors (Lipinski definition) is 3. The fourth-order valence-corrected chi connectivity index (χ4v) is 3.63. The second kappa shape index (κ2) is 9.71. The van der Waals surface area contributed by atoms with Crippen molar-refractivity contribution >= 4 is 23.2 Å². The molecule has 0 saturated heterocycles. The molecule has 162 valence electrons. The molecular weight excluding hydrogens is 422 g/mol. The lowest BCUT2D eigenvalue weighted by Gasteiger charge is -2.09. The third-order valence-electron chi connectivity index (χ3n) is 5.21. The SMILES string of the molecule is Cc1nn(Cc2ccccc2)c(C)c1NC(=O)c1ccc(COc2cccc(Cl)c2)cc1. The lowest BCUT2D eigenvalue weighted by Crippen LogP contribution is -2.13. The van der Waals surface area contributed by atoms with Gasteiger partial charge in [-0.05, 0) is 55.3 Å². The molecule has 0 bridgehead atoms. The molecule has 0 fully saturated rings. The van der Waals surface area contributed by atoms with Crippen LogP contribution in [0.25, 0.3) is 0 Å². The number of amides is 1. The number of benzene rings is 3. The number of aromatic nitrogens is 2. The molecule has 0 aliphatic carbocycles. The Morgan fingerprint density at radius 2 is 1.72 bits per heavy atom. The summed E-state index contributed by atoms with van der Waals surface area (Å²) in [6, 6.07) is 24.8. The number of nitrogens with one attached hydrogen (secondary N) is 1. The highest BCUT2D eigenvalue weighted by molar-refractivity contribution is 6.30. The van der Waals surface area contributed by atoms with Crippen molar-refractivity contribution in [3.8, 4) is 5.75 Å². The monoisotopic (exact) mass is 445 g/mol. The topological polar surface area (TPSA) is 56.2 Å². The Bertz CT molecular complexity index is 1220. The van der Waals surface area contributed by atoms with Crippen LogP contribution in [0, 0.1) is 13.8 Å². The molecule has 4 rings (SSSR count). The van der Waals surface area contributed by atoms with Crippen molar-refractivity contribution in [3.63, 3.8) is 0 Å². The minimum atomic E-state index is -0.169. The molecule has 1 aromatic heterocycles. The second-order valence-electron chi connectivity index (χ2n) is 7.59. The van der Waals surface area contributed by atoms with Crippen LogP contribution in [-0.2, 0) is 13.2 Å². The number of halogens is 1. The van der Waals surface area contributed by atoms with Gasteiger partial charge in [0.15, 0.2) is 0 Å². The van der Waals surface area contributed by atoms with E-state index < -0.39 is 0 Å². The molecule has 0 saturated carbocycles. The maximum absolute atomic E-state index is 12.8. The molecule has 1 amide bonds. The summed E-state index contributed by atoms with van der Waals surface area (Å²) in [5, 5.41) is 8.25. The Morgan fingerprint density at radius 3 is 2.44 bits per heavy atom. The van der Waals surface area contributed by atoms with Crippen LogP contribution in [-0.4, -0.2) is 15.7 Å². The molecule has 0 atom stereocenters. The van der Waals surface area contributed by atoms with Gasteiger partial charge in [0.05, 0.1) is 23.6 Å². The van der Waals surface area contributed by atoms with Crippen molar-refractivity contribution in [3.05, 3.63) is 112 Å². The van der Waals surface area contributed by atoms with Crippen LogP contribution in [0.1, 0.15) is 32.9 Å². The molecule has 1 heterocycles. The summed E-state index contributed by atoms with van der Waals surface area (Å²) >= 11 is 5.98. The number of hydrogen-bond donors (Lipinski definition) is 1. The Labute approximate surface area is 192 Å². The summed E-state index contributed by atoms with van der Waals surface area (Å²) in [5.41, 5.74) is 5.16. The van der Waals surface area contributed by atoms with E-state index in [0.29, 0.717) is 29.5 Å². The molecule has 1 N–H and O–H groups in total. The summed E-state index contributed by atoms with van der Waals surface area (Å²) in [5.74, 6) is 0.538. The first-order chi connectivity index (χ1) is 15.5. The van der Waals surface area contributed by atoms with Gasteiger partial charge in [0.25, 0.3) is 5.91 Å². The van der Waals surface area contributed by atoms with E-state index in [1.165, 1.54) is 0 Å². The van der Waals surface area contributed by atoms with Gasteiger partial charge in [-0.1, -0.05) is 60.1 Å². The molecule has 0 aliphatic rings. The van der Waals surface area contributed by atoms with E-state index in [4.69, 9.17) is 16.3 Å². The Hall–Kier alpha value is -3.57. The van der Waals surface area contributed by atoms with Crippen LogP contribution in [0.3, 0.4) is 0 Å². The second-order valence-corrected chi connectivity index (χ2v) is 8.02. The van der Waals surface area contributed by atoms with Crippen LogP contribution < -0.4 is 10.1 Å². The zero-order valence-corrected chi connectivity index (χ0v) is 18.8. The third-order valence-corrected chi connectivity index (χ3v) is 5.45. The average Bonchev–Trinajstić information content (AvgIpc) is 3.06. The van der Waals surface area contributed by atoms with E-state index in [-0.39, 0.29) is 5.91 Å². The number of anilines is 1. The molecule has 0 spiro atoms. The zero-order valence-electron chi connectivity index (χ0n) is 18.0. The average molecular weight is 446 g/mol. The maximum Gasteiger partial charge on any atom is 0.255 e. The van der Waals surface area contributed by atoms with Gasteiger partial charge in [0, 0.05) is 10.6 Å². The molecule has 5 nitrogen and oxygen atoms in total. The lowest BCUT2D eigenvalue weighted by molar-refractivity contribution is 0.102. The number of carbonyl (C=O) groups is 1. The Balaban J connectivity index is 1.40. The van der Waals surface area contributed by atoms with E-state index >= 15 is 0 Å². The van der Waals surface area contributed by atoms with Gasteiger partial charge in [-0.2, -0.15) is 5.10 Å². The van der Waals surface area contributed by atoms with Crippen LogP contribution in [0.5, 0.6) is 5.75 Å². The van der Waals surface area contributed by atoms with Crippen LogP contribution in [0.2, 0.25) is 5.02 Å². The molecule has 6 heteroatoms. The van der Waals surface area contributed by atoms with Crippen molar-refractivity contribution < 1.29 is 9.53 Å².